The number of pyridine rings is 3. The zero-order chi connectivity index (χ0) is 28.2. The maximum atomic E-state index is 13.0. The number of rotatable bonds is 6. The Morgan fingerprint density at radius 3 is 2.95 bits per heavy atom. The molecule has 2 aliphatic rings. The number of hydrogen-bond acceptors (Lipinski definition) is 8. The fourth-order valence-electron chi connectivity index (χ4n) is 4.72. The molecule has 10 nitrogen and oxygen atoms in total. The molecule has 6 rings (SSSR count). The van der Waals surface area contributed by atoms with Crippen molar-refractivity contribution in [3.63, 3.8) is 0 Å². The van der Waals surface area contributed by atoms with Gasteiger partial charge in [-0.1, -0.05) is 0 Å². The standard InChI is InChI=1S/C25H26F2N8O2/c1-13-11-34(5-6-37-13)14-3-4-21-32-24(33-35(21)12-14)19-10-30-23(28-2)18-9-29-20(8-15(18)19)31-25(36)17-7-16(17)22(26)27/h3-4,8-10,12-13,16-17,22H,5-7,11H2,1-2H3,(H,28,30)(H,29,31,36)/t13-,16-,17+/m0/s1/i2D3. The van der Waals surface area contributed by atoms with Crippen molar-refractivity contribution in [1.82, 2.24) is 24.6 Å². The Labute approximate surface area is 215 Å². The second-order valence-electron chi connectivity index (χ2n) is 9.34. The molecule has 0 bridgehead atoms. The molecular formula is C25H26F2N8O2. The first-order valence-corrected chi connectivity index (χ1v) is 11.9. The van der Waals surface area contributed by atoms with E-state index in [2.05, 4.69) is 35.6 Å². The number of anilines is 3. The van der Waals surface area contributed by atoms with Gasteiger partial charge in [-0.25, -0.2) is 28.2 Å². The van der Waals surface area contributed by atoms with Crippen LogP contribution >= 0.6 is 0 Å². The Hall–Kier alpha value is -3.93. The molecule has 0 radical (unpaired) electrons. The Bertz CT molecular complexity index is 1600. The summed E-state index contributed by atoms with van der Waals surface area (Å²) in [6.45, 7) is 1.64. The van der Waals surface area contributed by atoms with Crippen LogP contribution < -0.4 is 15.5 Å². The number of ether oxygens (including phenoxy) is 1. The van der Waals surface area contributed by atoms with Crippen LogP contribution in [0.1, 0.15) is 17.5 Å². The summed E-state index contributed by atoms with van der Waals surface area (Å²) >= 11 is 0. The van der Waals surface area contributed by atoms with Crippen LogP contribution in [-0.4, -0.2) is 69.7 Å². The summed E-state index contributed by atoms with van der Waals surface area (Å²) in [7, 11) is 0. The molecule has 5 heterocycles. The second kappa shape index (κ2) is 9.18. The smallest absolute Gasteiger partial charge is 0.242 e. The molecule has 2 N–H and O–H groups in total. The summed E-state index contributed by atoms with van der Waals surface area (Å²) in [5.74, 6) is -1.74. The monoisotopic (exact) mass is 511 g/mol. The van der Waals surface area contributed by atoms with Gasteiger partial charge in [-0.3, -0.25) is 4.79 Å². The summed E-state index contributed by atoms with van der Waals surface area (Å²) in [5, 5.41) is 10.5. The highest BCUT2D eigenvalue weighted by Crippen LogP contribution is 2.43. The lowest BCUT2D eigenvalue weighted by molar-refractivity contribution is -0.118. The quantitative estimate of drug-likeness (QED) is 0.405. The van der Waals surface area contributed by atoms with Crippen molar-refractivity contribution in [1.29, 1.82) is 0 Å². The zero-order valence-corrected chi connectivity index (χ0v) is 19.9. The van der Waals surface area contributed by atoms with Crippen LogP contribution in [0.15, 0.2) is 36.8 Å². The molecule has 1 saturated carbocycles. The molecule has 0 spiro atoms. The highest BCUT2D eigenvalue weighted by Gasteiger charge is 2.48. The van der Waals surface area contributed by atoms with Crippen molar-refractivity contribution < 1.29 is 22.4 Å². The average molecular weight is 512 g/mol. The second-order valence-corrected chi connectivity index (χ2v) is 9.34. The van der Waals surface area contributed by atoms with Crippen LogP contribution in [0.3, 0.4) is 0 Å². The number of nitrogens with one attached hydrogen (secondary N) is 2. The number of morpholine rings is 1. The third-order valence-electron chi connectivity index (χ3n) is 6.80. The van der Waals surface area contributed by atoms with Crippen LogP contribution in [0.4, 0.5) is 26.1 Å². The SMILES string of the molecule is [2H]C([2H])([2H])Nc1ncc(-c2nc3ccc(N4CCO[C@@H](C)C4)cn3n2)c2cc(NC(=O)[C@@H]3C[C@@H]3C(F)F)ncc12. The van der Waals surface area contributed by atoms with Crippen molar-refractivity contribution in [2.75, 3.05) is 42.2 Å². The summed E-state index contributed by atoms with van der Waals surface area (Å²) < 4.78 is 56.0. The van der Waals surface area contributed by atoms with Gasteiger partial charge in [0.05, 0.1) is 24.6 Å². The summed E-state index contributed by atoms with van der Waals surface area (Å²) in [5.41, 5.74) is 2.04. The Morgan fingerprint density at radius 2 is 2.16 bits per heavy atom. The summed E-state index contributed by atoms with van der Waals surface area (Å²) in [6.07, 6.45) is 2.39. The Morgan fingerprint density at radius 1 is 1.27 bits per heavy atom. The molecule has 2 fully saturated rings. The van der Waals surface area contributed by atoms with Crippen LogP contribution in [0.2, 0.25) is 0 Å². The number of amides is 1. The van der Waals surface area contributed by atoms with Crippen LogP contribution in [0.25, 0.3) is 27.8 Å². The fraction of sp³-hybridized carbons (Fsp3) is 0.400. The number of aromatic nitrogens is 5. The van der Waals surface area contributed by atoms with Crippen molar-refractivity contribution in [2.24, 2.45) is 11.8 Å². The maximum Gasteiger partial charge on any atom is 0.242 e. The first kappa shape index (κ1) is 20.2. The largest absolute Gasteiger partial charge is 0.375 e. The maximum absolute atomic E-state index is 13.0. The van der Waals surface area contributed by atoms with Gasteiger partial charge in [-0.2, -0.15) is 0 Å². The molecule has 1 aliphatic carbocycles. The summed E-state index contributed by atoms with van der Waals surface area (Å²) in [4.78, 5) is 27.9. The normalized spacial score (nSPS) is 23.1. The van der Waals surface area contributed by atoms with E-state index in [0.29, 0.717) is 34.4 Å². The Kier molecular flexibility index (Phi) is 5.00. The number of halogens is 2. The number of carbonyl (C=O) groups is 1. The van der Waals surface area contributed by atoms with Gasteiger partial charge in [0.2, 0.25) is 12.3 Å². The molecule has 37 heavy (non-hydrogen) atoms. The van der Waals surface area contributed by atoms with Gasteiger partial charge >= 0.3 is 0 Å². The van der Waals surface area contributed by atoms with E-state index in [4.69, 9.17) is 8.85 Å². The highest BCUT2D eigenvalue weighted by molar-refractivity contribution is 6.03. The average Bonchev–Trinajstić information content (AvgIpc) is 3.60. The predicted octanol–water partition coefficient (Wildman–Crippen LogP) is 3.45. The third-order valence-corrected chi connectivity index (χ3v) is 6.80. The van der Waals surface area contributed by atoms with Crippen molar-refractivity contribution in [2.45, 2.75) is 25.9 Å². The van der Waals surface area contributed by atoms with E-state index in [1.54, 1.807) is 10.6 Å². The lowest BCUT2D eigenvalue weighted by Gasteiger charge is -2.32. The van der Waals surface area contributed by atoms with E-state index in [0.717, 1.165) is 18.8 Å². The van der Waals surface area contributed by atoms with Gasteiger partial charge in [-0.05, 0) is 31.5 Å². The first-order chi connectivity index (χ1) is 19.1. The molecule has 4 aromatic rings. The first-order valence-electron chi connectivity index (χ1n) is 13.4. The molecule has 12 heteroatoms. The Balaban J connectivity index is 1.38. The van der Waals surface area contributed by atoms with Crippen molar-refractivity contribution in [3.8, 4) is 11.4 Å². The molecule has 1 aliphatic heterocycles. The molecule has 0 unspecified atom stereocenters. The summed E-state index contributed by atoms with van der Waals surface area (Å²) in [6, 6.07) is 5.36. The van der Waals surface area contributed by atoms with Gasteiger partial charge in [0.15, 0.2) is 11.5 Å². The highest BCUT2D eigenvalue weighted by atomic mass is 19.3. The lowest BCUT2D eigenvalue weighted by atomic mass is 10.1. The predicted molar refractivity (Wildman–Crippen MR) is 135 cm³/mol. The molecule has 3 atom stereocenters. The minimum absolute atomic E-state index is 0.0663. The van der Waals surface area contributed by atoms with Gasteiger partial charge in [-0.15, -0.1) is 5.10 Å². The van der Waals surface area contributed by atoms with Gasteiger partial charge in [0, 0.05) is 64.7 Å². The number of fused-ring (bicyclic) bond motifs is 2. The van der Waals surface area contributed by atoms with Crippen molar-refractivity contribution in [3.05, 3.63) is 36.8 Å². The zero-order valence-electron chi connectivity index (χ0n) is 22.9. The number of alkyl halides is 2. The van der Waals surface area contributed by atoms with E-state index < -0.39 is 31.1 Å². The number of hydrogen-bond donors (Lipinski definition) is 2. The fourth-order valence-corrected chi connectivity index (χ4v) is 4.72. The molecule has 1 amide bonds. The van der Waals surface area contributed by atoms with E-state index in [1.807, 2.05) is 25.3 Å². The minimum Gasteiger partial charge on any atom is -0.375 e. The van der Waals surface area contributed by atoms with Gasteiger partial charge in [0.1, 0.15) is 11.6 Å². The van der Waals surface area contributed by atoms with E-state index in [1.165, 1.54) is 12.4 Å². The van der Waals surface area contributed by atoms with E-state index in [9.17, 15) is 13.6 Å². The topological polar surface area (TPSA) is 110 Å². The molecule has 0 aromatic carbocycles. The van der Waals surface area contributed by atoms with Crippen LogP contribution in [-0.2, 0) is 9.53 Å². The minimum atomic E-state index is -2.56. The van der Waals surface area contributed by atoms with E-state index >= 15 is 0 Å². The third kappa shape index (κ3) is 4.41. The lowest BCUT2D eigenvalue weighted by Crippen LogP contribution is -2.41. The molecule has 4 aromatic heterocycles. The van der Waals surface area contributed by atoms with Gasteiger partial charge < -0.3 is 20.3 Å². The van der Waals surface area contributed by atoms with Gasteiger partial charge in [0.25, 0.3) is 0 Å². The molecule has 1 saturated heterocycles. The number of nitrogens with zero attached hydrogens (tertiary/aromatic N) is 6. The number of carbonyl (C=O) groups excluding carboxylic acids is 1. The molecule has 192 valence electrons. The van der Waals surface area contributed by atoms with Crippen LogP contribution in [0, 0.1) is 11.8 Å². The van der Waals surface area contributed by atoms with E-state index in [-0.39, 0.29) is 24.2 Å². The van der Waals surface area contributed by atoms with Crippen molar-refractivity contribution >= 4 is 39.6 Å². The van der Waals surface area contributed by atoms with Crippen LogP contribution in [0.5, 0.6) is 0 Å². The molecular weight excluding hydrogens is 482 g/mol.